The quantitative estimate of drug-likeness (QED) is 0.834. The van der Waals surface area contributed by atoms with Crippen LogP contribution in [0.25, 0.3) is 11.5 Å². The van der Waals surface area contributed by atoms with Crippen molar-refractivity contribution in [2.45, 2.75) is 25.8 Å². The molecule has 0 amide bonds. The highest BCUT2D eigenvalue weighted by atomic mass is 16.5. The van der Waals surface area contributed by atoms with Gasteiger partial charge in [-0.25, -0.2) is 9.97 Å². The molecule has 0 aromatic carbocycles. The molecule has 0 bridgehead atoms. The van der Waals surface area contributed by atoms with Crippen molar-refractivity contribution >= 4 is 0 Å². The molecule has 0 radical (unpaired) electrons. The van der Waals surface area contributed by atoms with E-state index in [1.165, 1.54) is 6.33 Å². The van der Waals surface area contributed by atoms with E-state index in [1.54, 1.807) is 12.3 Å². The predicted molar refractivity (Wildman–Crippen MR) is 57.2 cm³/mol. The Hall–Kier alpha value is -1.82. The second-order valence-corrected chi connectivity index (χ2v) is 3.45. The average Bonchev–Trinajstić information content (AvgIpc) is 2.80. The smallest absolute Gasteiger partial charge is 0.243 e. The number of hydrogen-bond acceptors (Lipinski definition) is 6. The molecule has 2 aromatic rings. The first kappa shape index (κ1) is 10.7. The van der Waals surface area contributed by atoms with Crippen LogP contribution in [0.1, 0.15) is 31.7 Å². The molecule has 0 saturated heterocycles. The van der Waals surface area contributed by atoms with Gasteiger partial charge >= 0.3 is 0 Å². The zero-order chi connectivity index (χ0) is 11.4. The maximum Gasteiger partial charge on any atom is 0.243 e. The second-order valence-electron chi connectivity index (χ2n) is 3.45. The number of nitrogens with two attached hydrogens (primary N) is 1. The summed E-state index contributed by atoms with van der Waals surface area (Å²) < 4.78 is 5.09. The molecule has 0 aliphatic heterocycles. The van der Waals surface area contributed by atoms with Crippen molar-refractivity contribution in [3.63, 3.8) is 0 Å². The van der Waals surface area contributed by atoms with E-state index in [0.29, 0.717) is 17.4 Å². The van der Waals surface area contributed by atoms with Gasteiger partial charge in [0.25, 0.3) is 0 Å². The molecule has 16 heavy (non-hydrogen) atoms. The van der Waals surface area contributed by atoms with Crippen molar-refractivity contribution in [1.82, 2.24) is 20.1 Å². The Balaban J connectivity index is 2.20. The van der Waals surface area contributed by atoms with Crippen molar-refractivity contribution in [3.8, 4) is 11.5 Å². The first-order valence-electron chi connectivity index (χ1n) is 5.17. The molecule has 0 unspecified atom stereocenters. The van der Waals surface area contributed by atoms with E-state index < -0.39 is 0 Å². The minimum Gasteiger partial charge on any atom is -0.337 e. The van der Waals surface area contributed by atoms with Crippen LogP contribution in [0, 0.1) is 0 Å². The van der Waals surface area contributed by atoms with Crippen molar-refractivity contribution < 1.29 is 4.52 Å². The summed E-state index contributed by atoms with van der Waals surface area (Å²) in [5.41, 5.74) is 6.50. The van der Waals surface area contributed by atoms with E-state index >= 15 is 0 Å². The van der Waals surface area contributed by atoms with E-state index in [2.05, 4.69) is 27.0 Å². The fraction of sp³-hybridized carbons (Fsp3) is 0.400. The molecule has 0 aliphatic rings. The molecule has 0 saturated carbocycles. The van der Waals surface area contributed by atoms with Crippen LogP contribution < -0.4 is 5.73 Å². The Kier molecular flexibility index (Phi) is 3.21. The fourth-order valence-corrected chi connectivity index (χ4v) is 1.35. The summed E-state index contributed by atoms with van der Waals surface area (Å²) >= 11 is 0. The number of aromatic nitrogens is 4. The molecule has 6 nitrogen and oxygen atoms in total. The normalized spacial score (nSPS) is 12.6. The van der Waals surface area contributed by atoms with Crippen LogP contribution in [-0.4, -0.2) is 20.1 Å². The molecular formula is C10H13N5O. The van der Waals surface area contributed by atoms with Gasteiger partial charge < -0.3 is 10.3 Å². The van der Waals surface area contributed by atoms with E-state index in [1.807, 2.05) is 0 Å². The van der Waals surface area contributed by atoms with Gasteiger partial charge in [-0.1, -0.05) is 18.5 Å². The number of hydrogen-bond donors (Lipinski definition) is 1. The van der Waals surface area contributed by atoms with Crippen LogP contribution in [0.5, 0.6) is 0 Å². The third-order valence-electron chi connectivity index (χ3n) is 2.17. The van der Waals surface area contributed by atoms with E-state index in [9.17, 15) is 0 Å². The van der Waals surface area contributed by atoms with Gasteiger partial charge in [0.05, 0.1) is 6.04 Å². The Labute approximate surface area is 92.9 Å². The monoisotopic (exact) mass is 219 g/mol. The van der Waals surface area contributed by atoms with Gasteiger partial charge in [-0.2, -0.15) is 4.98 Å². The van der Waals surface area contributed by atoms with E-state index in [4.69, 9.17) is 10.3 Å². The standard InChI is InChI=1S/C10H13N5O/c1-2-3-7(11)10-14-9(15-16-10)8-4-5-12-6-13-8/h4-7H,2-3,11H2,1H3/t7-/m1/s1. The van der Waals surface area contributed by atoms with Gasteiger partial charge in [-0.05, 0) is 12.5 Å². The molecule has 2 aromatic heterocycles. The van der Waals surface area contributed by atoms with Gasteiger partial charge in [0.2, 0.25) is 11.7 Å². The zero-order valence-electron chi connectivity index (χ0n) is 9.00. The van der Waals surface area contributed by atoms with Gasteiger partial charge in [0.1, 0.15) is 12.0 Å². The van der Waals surface area contributed by atoms with Gasteiger partial charge in [0, 0.05) is 6.20 Å². The van der Waals surface area contributed by atoms with Crippen LogP contribution in [0.15, 0.2) is 23.1 Å². The fourth-order valence-electron chi connectivity index (χ4n) is 1.35. The molecule has 2 rings (SSSR count). The molecule has 1 atom stereocenters. The van der Waals surface area contributed by atoms with Gasteiger partial charge in [0.15, 0.2) is 0 Å². The summed E-state index contributed by atoms with van der Waals surface area (Å²) in [6, 6.07) is 1.52. The highest BCUT2D eigenvalue weighted by Crippen LogP contribution is 2.17. The van der Waals surface area contributed by atoms with Crippen LogP contribution >= 0.6 is 0 Å². The summed E-state index contributed by atoms with van der Waals surface area (Å²) in [6.07, 6.45) is 4.87. The molecule has 6 heteroatoms. The summed E-state index contributed by atoms with van der Waals surface area (Å²) in [7, 11) is 0. The third kappa shape index (κ3) is 2.22. The lowest BCUT2D eigenvalue weighted by Crippen LogP contribution is -2.09. The summed E-state index contributed by atoms with van der Waals surface area (Å²) in [5.74, 6) is 0.902. The summed E-state index contributed by atoms with van der Waals surface area (Å²) in [6.45, 7) is 2.06. The SMILES string of the molecule is CCC[C@@H](N)c1nc(-c2ccncn2)no1. The molecular weight excluding hydrogens is 206 g/mol. The predicted octanol–water partition coefficient (Wildman–Crippen LogP) is 1.33. The lowest BCUT2D eigenvalue weighted by atomic mass is 10.2. The topological polar surface area (TPSA) is 90.7 Å². The third-order valence-corrected chi connectivity index (χ3v) is 2.17. The maximum absolute atomic E-state index is 5.87. The highest BCUT2D eigenvalue weighted by molar-refractivity contribution is 5.46. The highest BCUT2D eigenvalue weighted by Gasteiger charge is 2.15. The molecule has 0 aliphatic carbocycles. The number of rotatable bonds is 4. The van der Waals surface area contributed by atoms with E-state index in [-0.39, 0.29) is 6.04 Å². The Morgan fingerprint density at radius 1 is 1.50 bits per heavy atom. The minimum absolute atomic E-state index is 0.201. The number of nitrogens with zero attached hydrogens (tertiary/aromatic N) is 4. The lowest BCUT2D eigenvalue weighted by Gasteiger charge is -2.01. The van der Waals surface area contributed by atoms with Crippen molar-refractivity contribution in [3.05, 3.63) is 24.5 Å². The Bertz CT molecular complexity index is 441. The molecule has 0 spiro atoms. The summed E-state index contributed by atoms with van der Waals surface area (Å²) in [5, 5.41) is 3.83. The lowest BCUT2D eigenvalue weighted by molar-refractivity contribution is 0.348. The maximum atomic E-state index is 5.87. The van der Waals surface area contributed by atoms with Crippen LogP contribution in [-0.2, 0) is 0 Å². The molecule has 84 valence electrons. The van der Waals surface area contributed by atoms with Gasteiger partial charge in [-0.15, -0.1) is 0 Å². The van der Waals surface area contributed by atoms with Crippen molar-refractivity contribution in [2.75, 3.05) is 0 Å². The Morgan fingerprint density at radius 3 is 3.06 bits per heavy atom. The molecule has 2 heterocycles. The molecule has 2 N–H and O–H groups in total. The first-order chi connectivity index (χ1) is 7.81. The first-order valence-corrected chi connectivity index (χ1v) is 5.17. The second kappa shape index (κ2) is 4.80. The molecule has 0 fully saturated rings. The van der Waals surface area contributed by atoms with Crippen molar-refractivity contribution in [1.29, 1.82) is 0 Å². The van der Waals surface area contributed by atoms with Crippen LogP contribution in [0.3, 0.4) is 0 Å². The van der Waals surface area contributed by atoms with Crippen LogP contribution in [0.4, 0.5) is 0 Å². The minimum atomic E-state index is -0.201. The zero-order valence-corrected chi connectivity index (χ0v) is 9.00. The van der Waals surface area contributed by atoms with E-state index in [0.717, 1.165) is 12.8 Å². The average molecular weight is 219 g/mol. The summed E-state index contributed by atoms with van der Waals surface area (Å²) in [4.78, 5) is 12.1. The van der Waals surface area contributed by atoms with Crippen LogP contribution in [0.2, 0.25) is 0 Å². The van der Waals surface area contributed by atoms with Crippen molar-refractivity contribution in [2.24, 2.45) is 5.73 Å². The Morgan fingerprint density at radius 2 is 2.38 bits per heavy atom. The van der Waals surface area contributed by atoms with Gasteiger partial charge in [-0.3, -0.25) is 0 Å². The largest absolute Gasteiger partial charge is 0.337 e.